The summed E-state index contributed by atoms with van der Waals surface area (Å²) < 4.78 is 58.0. The topological polar surface area (TPSA) is 114 Å². The van der Waals surface area contributed by atoms with Gasteiger partial charge in [0, 0.05) is 19.7 Å². The van der Waals surface area contributed by atoms with Crippen LogP contribution in [0.15, 0.2) is 0 Å². The van der Waals surface area contributed by atoms with Gasteiger partial charge in [-0.05, 0) is 0 Å². The van der Waals surface area contributed by atoms with Crippen LogP contribution in [-0.4, -0.2) is 25.9 Å². The molecule has 0 radical (unpaired) electrons. The Balaban J connectivity index is -0.000000405. The van der Waals surface area contributed by atoms with Crippen LogP contribution in [0.25, 0.3) is 0 Å². The van der Waals surface area contributed by atoms with Crippen molar-refractivity contribution in [2.45, 2.75) is 0 Å². The Morgan fingerprint density at radius 2 is 0.917 bits per heavy atom. The molecule has 0 aliphatic rings. The zero-order valence-corrected chi connectivity index (χ0v) is 13.3. The zero-order valence-electron chi connectivity index (χ0n) is 6.08. The van der Waals surface area contributed by atoms with Gasteiger partial charge in [0.25, 0.3) is 0 Å². The molecule has 0 amide bonds. The Kier molecular flexibility index (Phi) is 12.9. The first-order chi connectivity index (χ1) is 4.21. The van der Waals surface area contributed by atoms with Crippen LogP contribution in [0.5, 0.6) is 0 Å². The van der Waals surface area contributed by atoms with Gasteiger partial charge >= 0.3 is 59.1 Å². The molecule has 0 saturated carbocycles. The quantitative estimate of drug-likeness (QED) is 0.282. The third-order valence-electron chi connectivity index (χ3n) is 0.194. The first kappa shape index (κ1) is 20.0. The first-order valence-corrected chi connectivity index (χ1v) is 7.50. The fourth-order valence-electron chi connectivity index (χ4n) is 0.0680. The van der Waals surface area contributed by atoms with Gasteiger partial charge in [-0.2, -0.15) is 0 Å². The molecule has 6 nitrogen and oxygen atoms in total. The summed E-state index contributed by atoms with van der Waals surface area (Å²) in [7, 11) is -10.5. The van der Waals surface area contributed by atoms with Crippen LogP contribution >= 0.6 is 19.7 Å². The van der Waals surface area contributed by atoms with Crippen molar-refractivity contribution in [3.63, 3.8) is 0 Å². The van der Waals surface area contributed by atoms with Gasteiger partial charge < -0.3 is 9.11 Å². The van der Waals surface area contributed by atoms with E-state index in [0.29, 0.717) is 0 Å². The molecule has 0 aromatic carbocycles. The van der Waals surface area contributed by atoms with Crippen LogP contribution in [0, 0.1) is 0 Å². The molecule has 0 heterocycles. The SMILES string of the molecule is O=S(=O)([O-])SSS(=O)(=O)[O-].[Na+].[Na+]. The summed E-state index contributed by atoms with van der Waals surface area (Å²) >= 11 is 0. The summed E-state index contributed by atoms with van der Waals surface area (Å²) in [5.41, 5.74) is 0. The molecule has 0 fully saturated rings. The minimum Gasteiger partial charge on any atom is -0.739 e. The summed E-state index contributed by atoms with van der Waals surface area (Å²) in [5.74, 6) is 0. The van der Waals surface area contributed by atoms with Crippen LogP contribution < -0.4 is 59.1 Å². The summed E-state index contributed by atoms with van der Waals surface area (Å²) in [6, 6.07) is 0. The Labute approximate surface area is 121 Å². The Morgan fingerprint density at radius 3 is 1.00 bits per heavy atom. The van der Waals surface area contributed by atoms with E-state index in [1.807, 2.05) is 0 Å². The van der Waals surface area contributed by atoms with E-state index in [0.717, 1.165) is 0 Å². The molecule has 12 heavy (non-hydrogen) atoms. The van der Waals surface area contributed by atoms with Crippen molar-refractivity contribution in [2.75, 3.05) is 0 Å². The fourth-order valence-corrected chi connectivity index (χ4v) is 5.51. The zero-order chi connectivity index (χ0) is 8.41. The number of hydrogen-bond donors (Lipinski definition) is 0. The Hall–Kier alpha value is 2.52. The molecule has 0 unspecified atom stereocenters. The Morgan fingerprint density at radius 1 is 0.750 bits per heavy atom. The summed E-state index contributed by atoms with van der Waals surface area (Å²) in [5, 5.41) is 0. The molecular weight excluding hydrogens is 270 g/mol. The molecule has 0 N–H and O–H groups in total. The van der Waals surface area contributed by atoms with Gasteiger partial charge in [0.05, 0.1) is 0 Å². The van der Waals surface area contributed by atoms with Gasteiger partial charge in [0.1, 0.15) is 0 Å². The predicted molar refractivity (Wildman–Crippen MR) is 34.6 cm³/mol. The van der Waals surface area contributed by atoms with E-state index in [-0.39, 0.29) is 59.1 Å². The smallest absolute Gasteiger partial charge is 0.739 e. The summed E-state index contributed by atoms with van der Waals surface area (Å²) in [4.78, 5) is 0. The van der Waals surface area contributed by atoms with Crippen molar-refractivity contribution in [2.24, 2.45) is 0 Å². The van der Waals surface area contributed by atoms with E-state index in [2.05, 4.69) is 0 Å². The second-order valence-corrected chi connectivity index (χ2v) is 8.57. The normalized spacial score (nSPS) is 11.2. The van der Waals surface area contributed by atoms with Crippen molar-refractivity contribution in [3.05, 3.63) is 0 Å². The average Bonchev–Trinajstić information content (AvgIpc) is 1.57. The van der Waals surface area contributed by atoms with E-state index in [9.17, 15) is 25.9 Å². The second-order valence-electron chi connectivity index (χ2n) is 0.953. The molecule has 0 aliphatic heterocycles. The van der Waals surface area contributed by atoms with Crippen LogP contribution in [0.1, 0.15) is 0 Å². The first-order valence-electron chi connectivity index (χ1n) is 1.50. The van der Waals surface area contributed by atoms with E-state index < -0.39 is 38.0 Å². The molecule has 0 rings (SSSR count). The molecule has 0 aliphatic carbocycles. The van der Waals surface area contributed by atoms with Crippen LogP contribution in [-0.2, 0) is 18.3 Å². The van der Waals surface area contributed by atoms with E-state index in [1.54, 1.807) is 0 Å². The molecule has 0 aromatic rings. The largest absolute Gasteiger partial charge is 1.00 e. The molecule has 62 valence electrons. The minimum atomic E-state index is -4.71. The van der Waals surface area contributed by atoms with E-state index in [4.69, 9.17) is 0 Å². The third kappa shape index (κ3) is 18.3. The van der Waals surface area contributed by atoms with Crippen molar-refractivity contribution < 1.29 is 85.1 Å². The third-order valence-corrected chi connectivity index (χ3v) is 6.75. The number of rotatable bonds is 3. The van der Waals surface area contributed by atoms with Crippen LogP contribution in [0.3, 0.4) is 0 Å². The van der Waals surface area contributed by atoms with E-state index in [1.165, 1.54) is 0 Å². The van der Waals surface area contributed by atoms with Gasteiger partial charge in [0.2, 0.25) is 0 Å². The van der Waals surface area contributed by atoms with Crippen molar-refractivity contribution in [1.82, 2.24) is 0 Å². The second kappa shape index (κ2) is 7.77. The van der Waals surface area contributed by atoms with Crippen molar-refractivity contribution >= 4 is 38.0 Å². The van der Waals surface area contributed by atoms with Crippen molar-refractivity contribution in [3.8, 4) is 0 Å². The van der Waals surface area contributed by atoms with Crippen molar-refractivity contribution in [1.29, 1.82) is 0 Å². The standard InChI is InChI=1S/2Na.H2O6S4/c;;1-9(2,3)7-8-10(4,5)6/h;;(H,1,2,3)(H,4,5,6)/q2*+1;/p-2. The van der Waals surface area contributed by atoms with Crippen LogP contribution in [0.4, 0.5) is 0 Å². The molecular formula is Na2O6S4. The maximum absolute atomic E-state index is 9.66. The molecule has 0 spiro atoms. The Bertz CT molecular complexity index is 254. The molecule has 0 bridgehead atoms. The maximum atomic E-state index is 9.66. The predicted octanol–water partition coefficient (Wildman–Crippen LogP) is -6.70. The van der Waals surface area contributed by atoms with Gasteiger partial charge in [0.15, 0.2) is 18.3 Å². The van der Waals surface area contributed by atoms with E-state index >= 15 is 0 Å². The van der Waals surface area contributed by atoms with Crippen LogP contribution in [0.2, 0.25) is 0 Å². The minimum absolute atomic E-state index is 0. The molecule has 0 aromatic heterocycles. The maximum Gasteiger partial charge on any atom is 1.00 e. The molecule has 12 heteroatoms. The van der Waals surface area contributed by atoms with Gasteiger partial charge in [-0.3, -0.25) is 0 Å². The molecule has 0 saturated heterocycles. The van der Waals surface area contributed by atoms with Gasteiger partial charge in [-0.25, -0.2) is 16.8 Å². The fraction of sp³-hybridized carbons (Fsp3) is 0. The monoisotopic (exact) mass is 270 g/mol. The summed E-state index contributed by atoms with van der Waals surface area (Å²) in [6.07, 6.45) is 0. The average molecular weight is 270 g/mol. The van der Waals surface area contributed by atoms with Gasteiger partial charge in [-0.1, -0.05) is 0 Å². The van der Waals surface area contributed by atoms with Gasteiger partial charge in [-0.15, -0.1) is 0 Å². The number of hydrogen-bond acceptors (Lipinski definition) is 8. The summed E-state index contributed by atoms with van der Waals surface area (Å²) in [6.45, 7) is 0. The molecule has 0 atom stereocenters.